The molecule has 0 fully saturated rings. The maximum absolute atomic E-state index is 12.7. The number of benzene rings is 1. The second-order valence-electron chi connectivity index (χ2n) is 6.06. The smallest absolute Gasteiger partial charge is 0.416 e. The van der Waals surface area contributed by atoms with Crippen molar-refractivity contribution in [1.82, 2.24) is 5.32 Å². The highest BCUT2D eigenvalue weighted by molar-refractivity contribution is 5.82. The molecular formula is C20H22F3NO3. The van der Waals surface area contributed by atoms with Crippen molar-refractivity contribution in [2.24, 2.45) is 5.92 Å². The van der Waals surface area contributed by atoms with Crippen LogP contribution in [0.15, 0.2) is 60.9 Å². The summed E-state index contributed by atoms with van der Waals surface area (Å²) in [4.78, 5) is 11.2. The summed E-state index contributed by atoms with van der Waals surface area (Å²) in [6.07, 6.45) is 3.10. The number of carbonyl (C=O) groups excluding carboxylic acids is 1. The van der Waals surface area contributed by atoms with Gasteiger partial charge in [-0.2, -0.15) is 13.2 Å². The Labute approximate surface area is 156 Å². The lowest BCUT2D eigenvalue weighted by molar-refractivity contribution is -0.137. The molecule has 2 rings (SSSR count). The van der Waals surface area contributed by atoms with Gasteiger partial charge in [-0.1, -0.05) is 12.7 Å². The molecule has 0 aromatic heterocycles. The lowest BCUT2D eigenvalue weighted by atomic mass is 9.92. The van der Waals surface area contributed by atoms with E-state index < -0.39 is 17.7 Å². The molecule has 1 aromatic rings. The zero-order chi connectivity index (χ0) is 19.9. The van der Waals surface area contributed by atoms with Crippen LogP contribution in [0.5, 0.6) is 5.75 Å². The van der Waals surface area contributed by atoms with Crippen LogP contribution >= 0.6 is 0 Å². The van der Waals surface area contributed by atoms with E-state index in [0.29, 0.717) is 30.9 Å². The zero-order valence-corrected chi connectivity index (χ0v) is 15.0. The molecule has 0 saturated heterocycles. The number of nitrogens with one attached hydrogen (secondary N) is 1. The van der Waals surface area contributed by atoms with Crippen molar-refractivity contribution in [2.75, 3.05) is 13.6 Å². The molecule has 1 N–H and O–H groups in total. The molecule has 0 spiro atoms. The first kappa shape index (κ1) is 20.8. The van der Waals surface area contributed by atoms with Gasteiger partial charge in [0.1, 0.15) is 17.6 Å². The van der Waals surface area contributed by atoms with E-state index in [1.807, 2.05) is 13.1 Å². The Morgan fingerprint density at radius 1 is 1.37 bits per heavy atom. The van der Waals surface area contributed by atoms with E-state index in [1.165, 1.54) is 12.1 Å². The molecule has 1 aliphatic rings. The maximum atomic E-state index is 12.7. The first-order chi connectivity index (χ1) is 12.8. The molecule has 1 aliphatic carbocycles. The van der Waals surface area contributed by atoms with Gasteiger partial charge in [0.2, 0.25) is 0 Å². The Morgan fingerprint density at radius 3 is 2.59 bits per heavy atom. The van der Waals surface area contributed by atoms with Crippen molar-refractivity contribution in [3.8, 4) is 5.75 Å². The summed E-state index contributed by atoms with van der Waals surface area (Å²) < 4.78 is 49.1. The Balaban J connectivity index is 2.04. The summed E-state index contributed by atoms with van der Waals surface area (Å²) in [7, 11) is 1.82. The number of esters is 1. The van der Waals surface area contributed by atoms with Crippen molar-refractivity contribution >= 4 is 5.97 Å². The van der Waals surface area contributed by atoms with E-state index in [-0.39, 0.29) is 12.0 Å². The van der Waals surface area contributed by atoms with Crippen molar-refractivity contribution in [3.05, 3.63) is 66.5 Å². The summed E-state index contributed by atoms with van der Waals surface area (Å²) in [5.74, 6) is 0.298. The molecule has 27 heavy (non-hydrogen) atoms. The quantitative estimate of drug-likeness (QED) is 0.540. The number of alkyl halides is 3. The summed E-state index contributed by atoms with van der Waals surface area (Å²) in [5.41, 5.74) is -0.712. The van der Waals surface area contributed by atoms with Crippen LogP contribution in [0.3, 0.4) is 0 Å². The summed E-state index contributed by atoms with van der Waals surface area (Å²) in [6.45, 7) is 4.04. The first-order valence-corrected chi connectivity index (χ1v) is 8.54. The van der Waals surface area contributed by atoms with Gasteiger partial charge in [0.25, 0.3) is 0 Å². The average molecular weight is 381 g/mol. The van der Waals surface area contributed by atoms with Gasteiger partial charge >= 0.3 is 12.1 Å². The fraction of sp³-hybridized carbons (Fsp3) is 0.350. The van der Waals surface area contributed by atoms with Crippen molar-refractivity contribution < 1.29 is 27.4 Å². The lowest BCUT2D eigenvalue weighted by Gasteiger charge is -2.27. The Bertz CT molecular complexity index is 708. The number of rotatable bonds is 8. The van der Waals surface area contributed by atoms with Gasteiger partial charge in [0, 0.05) is 12.0 Å². The summed E-state index contributed by atoms with van der Waals surface area (Å²) in [6, 6.07) is 4.67. The van der Waals surface area contributed by atoms with E-state index in [9.17, 15) is 18.0 Å². The second kappa shape index (κ2) is 9.41. The van der Waals surface area contributed by atoms with Crippen molar-refractivity contribution in [3.63, 3.8) is 0 Å². The minimum absolute atomic E-state index is 0.00632. The highest BCUT2D eigenvalue weighted by Gasteiger charge is 2.30. The third-order valence-corrected chi connectivity index (χ3v) is 4.11. The standard InChI is InChI=1S/C20H22F3NO3/c1-3-19(25)27-17-8-4-14(5-9-17)18(12-13-24-2)26-16-10-6-15(7-11-16)20(21,22)23/h3-4,6-11,14,18,24H,1,5,12-13H2,2H3. The monoisotopic (exact) mass is 381 g/mol. The molecule has 0 amide bonds. The van der Waals surface area contributed by atoms with E-state index in [0.717, 1.165) is 18.2 Å². The van der Waals surface area contributed by atoms with Crippen LogP contribution < -0.4 is 10.1 Å². The Hall–Kier alpha value is -2.54. The fourth-order valence-corrected chi connectivity index (χ4v) is 2.67. The predicted molar refractivity (Wildman–Crippen MR) is 96.0 cm³/mol. The number of halogens is 3. The van der Waals surface area contributed by atoms with Gasteiger partial charge in [0.05, 0.1) is 5.56 Å². The predicted octanol–water partition coefficient (Wildman–Crippen LogP) is 4.25. The van der Waals surface area contributed by atoms with Crippen LogP contribution in [0.1, 0.15) is 18.4 Å². The van der Waals surface area contributed by atoms with Gasteiger partial charge in [-0.3, -0.25) is 0 Å². The van der Waals surface area contributed by atoms with Gasteiger partial charge in [-0.05, 0) is 62.9 Å². The van der Waals surface area contributed by atoms with Crippen molar-refractivity contribution in [1.29, 1.82) is 0 Å². The number of carbonyl (C=O) groups is 1. The number of ether oxygens (including phenoxy) is 2. The van der Waals surface area contributed by atoms with Gasteiger partial charge < -0.3 is 14.8 Å². The van der Waals surface area contributed by atoms with Gasteiger partial charge in [0.15, 0.2) is 0 Å². The SMILES string of the molecule is C=CC(=O)OC1=CCC(C(CCNC)Oc2ccc(C(F)(F)F)cc2)C=C1. The zero-order valence-electron chi connectivity index (χ0n) is 15.0. The van der Waals surface area contributed by atoms with Crippen LogP contribution in [0.4, 0.5) is 13.2 Å². The molecule has 0 aliphatic heterocycles. The van der Waals surface area contributed by atoms with E-state index in [1.54, 1.807) is 12.2 Å². The van der Waals surface area contributed by atoms with Crippen molar-refractivity contribution in [2.45, 2.75) is 25.1 Å². The molecule has 1 aromatic carbocycles. The number of hydrogen-bond acceptors (Lipinski definition) is 4. The number of allylic oxidation sites excluding steroid dienone is 2. The molecule has 7 heteroatoms. The molecule has 2 unspecified atom stereocenters. The van der Waals surface area contributed by atoms with Crippen LogP contribution in [-0.4, -0.2) is 25.7 Å². The highest BCUT2D eigenvalue weighted by atomic mass is 19.4. The highest BCUT2D eigenvalue weighted by Crippen LogP contribution is 2.31. The largest absolute Gasteiger partial charge is 0.490 e. The normalized spacial score (nSPS) is 17.8. The molecule has 0 saturated carbocycles. The lowest BCUT2D eigenvalue weighted by Crippen LogP contribution is -2.30. The van der Waals surface area contributed by atoms with Crippen LogP contribution in [-0.2, 0) is 15.7 Å². The first-order valence-electron chi connectivity index (χ1n) is 8.54. The second-order valence-corrected chi connectivity index (χ2v) is 6.06. The van der Waals surface area contributed by atoms with Gasteiger partial charge in [-0.25, -0.2) is 4.79 Å². The average Bonchev–Trinajstić information content (AvgIpc) is 2.65. The Kier molecular flexibility index (Phi) is 7.24. The van der Waals surface area contributed by atoms with E-state index in [2.05, 4.69) is 11.9 Å². The molecule has 0 radical (unpaired) electrons. The van der Waals surface area contributed by atoms with Gasteiger partial charge in [-0.15, -0.1) is 0 Å². The van der Waals surface area contributed by atoms with Crippen LogP contribution in [0, 0.1) is 5.92 Å². The molecule has 0 bridgehead atoms. The Morgan fingerprint density at radius 2 is 2.07 bits per heavy atom. The summed E-state index contributed by atoms with van der Waals surface area (Å²) >= 11 is 0. The molecule has 4 nitrogen and oxygen atoms in total. The van der Waals surface area contributed by atoms with E-state index >= 15 is 0 Å². The molecule has 0 heterocycles. The third kappa shape index (κ3) is 6.29. The maximum Gasteiger partial charge on any atom is 0.416 e. The molecular weight excluding hydrogens is 359 g/mol. The fourth-order valence-electron chi connectivity index (χ4n) is 2.67. The molecule has 146 valence electrons. The minimum atomic E-state index is -4.37. The molecule has 2 atom stereocenters. The number of hydrogen-bond donors (Lipinski definition) is 1. The van der Waals surface area contributed by atoms with Crippen LogP contribution in [0.2, 0.25) is 0 Å². The van der Waals surface area contributed by atoms with E-state index in [4.69, 9.17) is 9.47 Å². The topological polar surface area (TPSA) is 47.6 Å². The summed E-state index contributed by atoms with van der Waals surface area (Å²) in [5, 5.41) is 3.05. The minimum Gasteiger partial charge on any atom is -0.490 e. The van der Waals surface area contributed by atoms with Crippen LogP contribution in [0.25, 0.3) is 0 Å². The third-order valence-electron chi connectivity index (χ3n) is 4.11.